The molecule has 2 heterocycles. The molecule has 0 spiro atoms. The first-order chi connectivity index (χ1) is 17.8. The smallest absolute Gasteiger partial charge is 0.416 e. The maximum absolute atomic E-state index is 14.5. The number of fused-ring (bicyclic) bond motifs is 1. The minimum atomic E-state index is -4.58. The molecule has 1 saturated heterocycles. The minimum Gasteiger partial charge on any atom is -0.454 e. The van der Waals surface area contributed by atoms with Crippen LogP contribution in [0.5, 0.6) is 11.5 Å². The number of nitrogens with one attached hydrogen (secondary N) is 2. The molecule has 11 heteroatoms. The predicted molar refractivity (Wildman–Crippen MR) is 130 cm³/mol. The third-order valence-corrected chi connectivity index (χ3v) is 5.81. The van der Waals surface area contributed by atoms with E-state index in [0.717, 1.165) is 56.3 Å². The summed E-state index contributed by atoms with van der Waals surface area (Å²) in [6.07, 6.45) is -2.87. The highest BCUT2D eigenvalue weighted by Gasteiger charge is 2.31. The Balaban J connectivity index is 1.35. The molecule has 190 valence electrons. The van der Waals surface area contributed by atoms with Crippen molar-refractivity contribution in [2.24, 2.45) is 0 Å². The van der Waals surface area contributed by atoms with Gasteiger partial charge in [0.1, 0.15) is 11.6 Å². The van der Waals surface area contributed by atoms with Crippen LogP contribution in [-0.4, -0.2) is 42.1 Å². The van der Waals surface area contributed by atoms with E-state index in [1.54, 1.807) is 24.4 Å². The van der Waals surface area contributed by atoms with Crippen LogP contribution in [0.25, 0.3) is 11.0 Å². The summed E-state index contributed by atoms with van der Waals surface area (Å²) in [6, 6.07) is 12.6. The molecular formula is C26H21F4N5O2. The van der Waals surface area contributed by atoms with Crippen molar-refractivity contribution in [3.8, 4) is 11.5 Å². The van der Waals surface area contributed by atoms with Crippen LogP contribution in [0.4, 0.5) is 29.1 Å². The van der Waals surface area contributed by atoms with E-state index < -0.39 is 23.5 Å². The number of halogens is 4. The van der Waals surface area contributed by atoms with Gasteiger partial charge < -0.3 is 20.3 Å². The molecule has 0 atom stereocenters. The molecule has 1 aliphatic heterocycles. The van der Waals surface area contributed by atoms with Crippen molar-refractivity contribution in [3.63, 3.8) is 0 Å². The lowest BCUT2D eigenvalue weighted by Crippen LogP contribution is -2.43. The van der Waals surface area contributed by atoms with Gasteiger partial charge in [-0.2, -0.15) is 13.2 Å². The monoisotopic (exact) mass is 511 g/mol. The lowest BCUT2D eigenvalue weighted by Gasteiger charge is -2.28. The number of hydrogen-bond donors (Lipinski definition) is 2. The molecule has 0 bridgehead atoms. The highest BCUT2D eigenvalue weighted by molar-refractivity contribution is 6.04. The second-order valence-corrected chi connectivity index (χ2v) is 8.40. The summed E-state index contributed by atoms with van der Waals surface area (Å²) in [7, 11) is 0. The maximum Gasteiger partial charge on any atom is 0.416 e. The number of carbonyl (C=O) groups is 1. The van der Waals surface area contributed by atoms with Crippen molar-refractivity contribution in [1.29, 1.82) is 0 Å². The SMILES string of the molecule is O=C(Nc1ccc(F)c(Oc2ccc3ncc(N4CCNCC4)nc3c2)c1)c1cccc(C(F)(F)F)c1. The highest BCUT2D eigenvalue weighted by Crippen LogP contribution is 2.31. The molecule has 1 aromatic heterocycles. The first-order valence-corrected chi connectivity index (χ1v) is 11.4. The molecule has 0 saturated carbocycles. The molecule has 1 fully saturated rings. The van der Waals surface area contributed by atoms with E-state index in [2.05, 4.69) is 25.5 Å². The van der Waals surface area contributed by atoms with E-state index in [4.69, 9.17) is 4.74 Å². The van der Waals surface area contributed by atoms with Crippen molar-refractivity contribution in [2.75, 3.05) is 36.4 Å². The molecule has 2 N–H and O–H groups in total. The standard InChI is InChI=1S/C26H21F4N5O2/c27-20-6-4-18(33-25(36)16-2-1-3-17(12-16)26(28,29)30)13-23(20)37-19-5-7-21-22(14-19)34-24(15-32-21)35-10-8-31-9-11-35/h1-7,12-15,31H,8-11H2,(H,33,36). The topological polar surface area (TPSA) is 79.4 Å². The number of ether oxygens (including phenoxy) is 1. The van der Waals surface area contributed by atoms with Gasteiger partial charge in [-0.1, -0.05) is 6.07 Å². The summed E-state index contributed by atoms with van der Waals surface area (Å²) in [5, 5.41) is 5.76. The molecule has 4 aromatic rings. The normalized spacial score (nSPS) is 14.0. The van der Waals surface area contributed by atoms with E-state index >= 15 is 0 Å². The van der Waals surface area contributed by atoms with Crippen LogP contribution in [0, 0.1) is 5.82 Å². The molecular weight excluding hydrogens is 490 g/mol. The van der Waals surface area contributed by atoms with Crippen LogP contribution in [0.15, 0.2) is 66.9 Å². The van der Waals surface area contributed by atoms with Gasteiger partial charge in [0.05, 0.1) is 22.8 Å². The van der Waals surface area contributed by atoms with E-state index in [0.29, 0.717) is 16.8 Å². The number of carbonyl (C=O) groups excluding carboxylic acids is 1. The van der Waals surface area contributed by atoms with Gasteiger partial charge in [-0.05, 0) is 42.5 Å². The number of amides is 1. The molecule has 0 radical (unpaired) electrons. The van der Waals surface area contributed by atoms with E-state index in [1.807, 2.05) is 0 Å². The Kier molecular flexibility index (Phi) is 6.62. The van der Waals surface area contributed by atoms with Crippen molar-refractivity contribution in [1.82, 2.24) is 15.3 Å². The fourth-order valence-electron chi connectivity index (χ4n) is 3.92. The second-order valence-electron chi connectivity index (χ2n) is 8.40. The number of aromatic nitrogens is 2. The number of nitrogens with zero attached hydrogens (tertiary/aromatic N) is 3. The van der Waals surface area contributed by atoms with E-state index in [9.17, 15) is 22.4 Å². The van der Waals surface area contributed by atoms with E-state index in [-0.39, 0.29) is 17.0 Å². The van der Waals surface area contributed by atoms with Gasteiger partial charge in [0.2, 0.25) is 0 Å². The van der Waals surface area contributed by atoms with E-state index in [1.165, 1.54) is 18.2 Å². The fraction of sp³-hybridized carbons (Fsp3) is 0.192. The molecule has 3 aromatic carbocycles. The molecule has 7 nitrogen and oxygen atoms in total. The summed E-state index contributed by atoms with van der Waals surface area (Å²) in [5.74, 6) is -0.591. The fourth-order valence-corrected chi connectivity index (χ4v) is 3.92. The van der Waals surface area contributed by atoms with Crippen LogP contribution in [-0.2, 0) is 6.18 Å². The Morgan fingerprint density at radius 1 is 1.00 bits per heavy atom. The average Bonchev–Trinajstić information content (AvgIpc) is 2.90. The molecule has 1 aliphatic rings. The average molecular weight is 511 g/mol. The summed E-state index contributed by atoms with van der Waals surface area (Å²) in [4.78, 5) is 23.7. The number of hydrogen-bond acceptors (Lipinski definition) is 6. The number of benzene rings is 3. The van der Waals surface area contributed by atoms with Crippen molar-refractivity contribution >= 4 is 28.4 Å². The number of rotatable bonds is 5. The molecule has 5 rings (SSSR count). The lowest BCUT2D eigenvalue weighted by atomic mass is 10.1. The predicted octanol–water partition coefficient (Wildman–Crippen LogP) is 5.24. The third-order valence-electron chi connectivity index (χ3n) is 5.81. The molecule has 0 aliphatic carbocycles. The van der Waals surface area contributed by atoms with Crippen molar-refractivity contribution in [3.05, 3.63) is 83.8 Å². The minimum absolute atomic E-state index is 0.153. The quantitative estimate of drug-likeness (QED) is 0.357. The summed E-state index contributed by atoms with van der Waals surface area (Å²) >= 11 is 0. The first kappa shape index (κ1) is 24.4. The first-order valence-electron chi connectivity index (χ1n) is 11.4. The second kappa shape index (κ2) is 10.0. The summed E-state index contributed by atoms with van der Waals surface area (Å²) < 4.78 is 59.2. The van der Waals surface area contributed by atoms with Crippen LogP contribution in [0.3, 0.4) is 0 Å². The Labute approximate surface area is 209 Å². The molecule has 37 heavy (non-hydrogen) atoms. The van der Waals surface area contributed by atoms with Crippen LogP contribution in [0.1, 0.15) is 15.9 Å². The number of piperazine rings is 1. The van der Waals surface area contributed by atoms with Crippen LogP contribution < -0.4 is 20.3 Å². The largest absolute Gasteiger partial charge is 0.454 e. The Morgan fingerprint density at radius 3 is 2.59 bits per heavy atom. The summed E-state index contributed by atoms with van der Waals surface area (Å²) in [5.41, 5.74) is 0.245. The van der Waals surface area contributed by atoms with Gasteiger partial charge in [0.25, 0.3) is 5.91 Å². The van der Waals surface area contributed by atoms with Gasteiger partial charge in [-0.15, -0.1) is 0 Å². The van der Waals surface area contributed by atoms with Gasteiger partial charge in [-0.25, -0.2) is 9.37 Å². The number of alkyl halides is 3. The molecule has 0 unspecified atom stereocenters. The Morgan fingerprint density at radius 2 is 1.81 bits per heavy atom. The van der Waals surface area contributed by atoms with Crippen molar-refractivity contribution < 1.29 is 27.1 Å². The molecule has 1 amide bonds. The van der Waals surface area contributed by atoms with Gasteiger partial charge in [0, 0.05) is 49.6 Å². The Bertz CT molecular complexity index is 1450. The zero-order valence-corrected chi connectivity index (χ0v) is 19.3. The highest BCUT2D eigenvalue weighted by atomic mass is 19.4. The number of anilines is 2. The van der Waals surface area contributed by atoms with Crippen LogP contribution in [0.2, 0.25) is 0 Å². The Hall–Kier alpha value is -4.25. The zero-order chi connectivity index (χ0) is 26.0. The van der Waals surface area contributed by atoms with Gasteiger partial charge >= 0.3 is 6.18 Å². The lowest BCUT2D eigenvalue weighted by molar-refractivity contribution is -0.137. The van der Waals surface area contributed by atoms with Gasteiger partial charge in [0.15, 0.2) is 11.6 Å². The maximum atomic E-state index is 14.5. The van der Waals surface area contributed by atoms with Crippen LogP contribution >= 0.6 is 0 Å². The summed E-state index contributed by atoms with van der Waals surface area (Å²) in [6.45, 7) is 3.31. The third kappa shape index (κ3) is 5.61. The van der Waals surface area contributed by atoms with Crippen molar-refractivity contribution in [2.45, 2.75) is 6.18 Å². The zero-order valence-electron chi connectivity index (χ0n) is 19.3. The van der Waals surface area contributed by atoms with Gasteiger partial charge in [-0.3, -0.25) is 9.78 Å².